The fourth-order valence-corrected chi connectivity index (χ4v) is 4.95. The van der Waals surface area contributed by atoms with Gasteiger partial charge in [0.1, 0.15) is 4.90 Å². The smallest absolute Gasteiger partial charge is 0.269 e. The van der Waals surface area contributed by atoms with E-state index in [1.54, 1.807) is 19.9 Å². The molecule has 1 heterocycles. The van der Waals surface area contributed by atoms with Crippen LogP contribution in [0.4, 0.5) is 11.4 Å². The van der Waals surface area contributed by atoms with E-state index in [2.05, 4.69) is 10.6 Å². The molecule has 0 radical (unpaired) electrons. The molecule has 1 aliphatic heterocycles. The molecule has 8 nitrogen and oxygen atoms in total. The van der Waals surface area contributed by atoms with E-state index >= 15 is 0 Å². The van der Waals surface area contributed by atoms with Gasteiger partial charge in [-0.25, -0.2) is 12.7 Å². The van der Waals surface area contributed by atoms with Crippen molar-refractivity contribution in [2.75, 3.05) is 10.6 Å². The van der Waals surface area contributed by atoms with Crippen molar-refractivity contribution in [1.29, 1.82) is 0 Å². The molecule has 0 saturated heterocycles. The van der Waals surface area contributed by atoms with Gasteiger partial charge < -0.3 is 10.6 Å². The molecule has 0 saturated carbocycles. The third-order valence-corrected chi connectivity index (χ3v) is 6.54. The van der Waals surface area contributed by atoms with Crippen molar-refractivity contribution in [2.45, 2.75) is 31.7 Å². The van der Waals surface area contributed by atoms with E-state index in [1.165, 1.54) is 37.3 Å². The summed E-state index contributed by atoms with van der Waals surface area (Å²) in [4.78, 5) is 36.0. The van der Waals surface area contributed by atoms with Gasteiger partial charge in [0.25, 0.3) is 21.8 Å². The molecule has 10 heteroatoms. The Hall–Kier alpha value is -2.91. The number of halogens is 1. The van der Waals surface area contributed by atoms with E-state index in [0.29, 0.717) is 5.69 Å². The number of hydrogen-bond acceptors (Lipinski definition) is 5. The van der Waals surface area contributed by atoms with Crippen LogP contribution in [0.2, 0.25) is 5.02 Å². The maximum absolute atomic E-state index is 12.7. The van der Waals surface area contributed by atoms with Crippen LogP contribution in [0.1, 0.15) is 41.5 Å². The van der Waals surface area contributed by atoms with Crippen molar-refractivity contribution in [3.05, 3.63) is 52.5 Å². The van der Waals surface area contributed by atoms with Gasteiger partial charge in [-0.15, -0.1) is 0 Å². The minimum atomic E-state index is -4.02. The van der Waals surface area contributed by atoms with E-state index < -0.39 is 27.9 Å². The number of benzene rings is 2. The van der Waals surface area contributed by atoms with Crippen LogP contribution in [0.25, 0.3) is 0 Å². The summed E-state index contributed by atoms with van der Waals surface area (Å²) in [5.41, 5.74) is 0.755. The molecule has 0 spiro atoms. The molecule has 3 rings (SSSR count). The number of rotatable bonds is 4. The van der Waals surface area contributed by atoms with Crippen LogP contribution in [0.5, 0.6) is 0 Å². The first kappa shape index (κ1) is 20.8. The molecule has 2 N–H and O–H groups in total. The minimum absolute atomic E-state index is 0.0286. The molecule has 152 valence electrons. The second-order valence-corrected chi connectivity index (χ2v) is 8.93. The van der Waals surface area contributed by atoms with Crippen molar-refractivity contribution in [3.8, 4) is 0 Å². The second kappa shape index (κ2) is 7.49. The Morgan fingerprint density at radius 3 is 2.38 bits per heavy atom. The van der Waals surface area contributed by atoms with Gasteiger partial charge in [-0.1, -0.05) is 11.6 Å². The molecule has 1 aliphatic rings. The third-order valence-electron chi connectivity index (χ3n) is 4.22. The maximum Gasteiger partial charge on any atom is 0.269 e. The molecule has 0 aromatic heterocycles. The van der Waals surface area contributed by atoms with Crippen LogP contribution in [0.3, 0.4) is 0 Å². The summed E-state index contributed by atoms with van der Waals surface area (Å²) < 4.78 is 26.2. The van der Waals surface area contributed by atoms with Gasteiger partial charge in [-0.3, -0.25) is 14.4 Å². The summed E-state index contributed by atoms with van der Waals surface area (Å²) in [5, 5.41) is 5.41. The average Bonchev–Trinajstić information content (AvgIpc) is 2.83. The number of fused-ring (bicyclic) bond motifs is 1. The molecule has 0 bridgehead atoms. The summed E-state index contributed by atoms with van der Waals surface area (Å²) in [6, 6.07) is 7.88. The first-order valence-electron chi connectivity index (χ1n) is 8.63. The van der Waals surface area contributed by atoms with Gasteiger partial charge in [0.05, 0.1) is 16.3 Å². The SMILES string of the molecule is CC(=O)Nc1ccc(Cl)c(NC(=O)c2ccc3c(c2)S(=O)(=O)N(C(C)C)C3=O)c1. The molecule has 0 aliphatic carbocycles. The van der Waals surface area contributed by atoms with Gasteiger partial charge in [0.2, 0.25) is 5.91 Å². The molecule has 0 unspecified atom stereocenters. The van der Waals surface area contributed by atoms with Crippen molar-refractivity contribution in [1.82, 2.24) is 4.31 Å². The molecule has 29 heavy (non-hydrogen) atoms. The Morgan fingerprint density at radius 2 is 1.76 bits per heavy atom. The zero-order chi connectivity index (χ0) is 21.5. The topological polar surface area (TPSA) is 113 Å². The quantitative estimate of drug-likeness (QED) is 0.766. The largest absolute Gasteiger partial charge is 0.326 e. The van der Waals surface area contributed by atoms with Crippen LogP contribution in [0, 0.1) is 0 Å². The third kappa shape index (κ3) is 3.83. The van der Waals surface area contributed by atoms with E-state index in [4.69, 9.17) is 11.6 Å². The highest BCUT2D eigenvalue weighted by Gasteiger charge is 2.42. The highest BCUT2D eigenvalue weighted by atomic mass is 35.5. The molecular weight excluding hydrogens is 418 g/mol. The summed E-state index contributed by atoms with van der Waals surface area (Å²) in [6.45, 7) is 4.54. The molecule has 0 fully saturated rings. The molecule has 3 amide bonds. The maximum atomic E-state index is 12.7. The van der Waals surface area contributed by atoms with Crippen molar-refractivity contribution >= 4 is 50.7 Å². The lowest BCUT2D eigenvalue weighted by Gasteiger charge is -2.18. The van der Waals surface area contributed by atoms with Gasteiger partial charge in [0, 0.05) is 24.2 Å². The summed E-state index contributed by atoms with van der Waals surface area (Å²) in [5.74, 6) is -1.51. The number of amides is 3. The summed E-state index contributed by atoms with van der Waals surface area (Å²) >= 11 is 6.10. The Balaban J connectivity index is 1.93. The number of sulfonamides is 1. The number of carbonyl (C=O) groups excluding carboxylic acids is 3. The lowest BCUT2D eigenvalue weighted by Crippen LogP contribution is -2.36. The monoisotopic (exact) mass is 435 g/mol. The molecular formula is C19H18ClN3O5S. The van der Waals surface area contributed by atoms with Crippen molar-refractivity contribution < 1.29 is 22.8 Å². The number of hydrogen-bond donors (Lipinski definition) is 2. The Morgan fingerprint density at radius 1 is 1.07 bits per heavy atom. The Bertz CT molecular complexity index is 1140. The Labute approximate surface area is 172 Å². The van der Waals surface area contributed by atoms with Crippen LogP contribution in [-0.2, 0) is 14.8 Å². The average molecular weight is 436 g/mol. The number of nitrogens with one attached hydrogen (secondary N) is 2. The molecule has 0 atom stereocenters. The molecule has 2 aromatic rings. The Kier molecular flexibility index (Phi) is 5.38. The predicted octanol–water partition coefficient (Wildman–Crippen LogP) is 3.10. The van der Waals surface area contributed by atoms with Gasteiger partial charge >= 0.3 is 0 Å². The lowest BCUT2D eigenvalue weighted by atomic mass is 10.1. The number of carbonyl (C=O) groups is 3. The summed E-state index contributed by atoms with van der Waals surface area (Å²) in [6.07, 6.45) is 0. The highest BCUT2D eigenvalue weighted by molar-refractivity contribution is 7.90. The fraction of sp³-hybridized carbons (Fsp3) is 0.211. The van der Waals surface area contributed by atoms with Crippen LogP contribution >= 0.6 is 11.6 Å². The van der Waals surface area contributed by atoms with Crippen molar-refractivity contribution in [3.63, 3.8) is 0 Å². The summed E-state index contributed by atoms with van der Waals surface area (Å²) in [7, 11) is -4.02. The number of anilines is 2. The van der Waals surface area contributed by atoms with Gasteiger partial charge in [-0.05, 0) is 50.2 Å². The molecule has 2 aromatic carbocycles. The van der Waals surface area contributed by atoms with Crippen LogP contribution in [-0.4, -0.2) is 36.5 Å². The van der Waals surface area contributed by atoms with Gasteiger partial charge in [-0.2, -0.15) is 0 Å². The van der Waals surface area contributed by atoms with Crippen molar-refractivity contribution in [2.24, 2.45) is 0 Å². The first-order valence-corrected chi connectivity index (χ1v) is 10.5. The minimum Gasteiger partial charge on any atom is -0.326 e. The predicted molar refractivity (Wildman–Crippen MR) is 109 cm³/mol. The zero-order valence-electron chi connectivity index (χ0n) is 15.8. The highest BCUT2D eigenvalue weighted by Crippen LogP contribution is 2.33. The van der Waals surface area contributed by atoms with E-state index in [1.807, 2.05) is 0 Å². The van der Waals surface area contributed by atoms with Crippen LogP contribution in [0.15, 0.2) is 41.3 Å². The zero-order valence-corrected chi connectivity index (χ0v) is 17.4. The second-order valence-electron chi connectivity index (χ2n) is 6.74. The standard InChI is InChI=1S/C19H18ClN3O5S/c1-10(2)23-19(26)14-6-4-12(8-17(14)29(23,27)28)18(25)22-16-9-13(21-11(3)24)5-7-15(16)20/h4-10H,1-3H3,(H,21,24)(H,22,25). The van der Waals surface area contributed by atoms with Gasteiger partial charge in [0.15, 0.2) is 0 Å². The van der Waals surface area contributed by atoms with E-state index in [-0.39, 0.29) is 32.6 Å². The fourth-order valence-electron chi connectivity index (χ4n) is 3.00. The number of nitrogens with zero attached hydrogens (tertiary/aromatic N) is 1. The van der Waals surface area contributed by atoms with E-state index in [9.17, 15) is 22.8 Å². The van der Waals surface area contributed by atoms with E-state index in [0.717, 1.165) is 4.31 Å². The lowest BCUT2D eigenvalue weighted by molar-refractivity contribution is -0.114. The normalized spacial score (nSPS) is 14.7. The van der Waals surface area contributed by atoms with Crippen LogP contribution < -0.4 is 10.6 Å². The first-order chi connectivity index (χ1) is 13.5.